The van der Waals surface area contributed by atoms with Crippen molar-refractivity contribution in [3.8, 4) is 0 Å². The van der Waals surface area contributed by atoms with Crippen LogP contribution in [0.2, 0.25) is 0 Å². The van der Waals surface area contributed by atoms with Crippen molar-refractivity contribution < 1.29 is 9.59 Å². The molecule has 0 saturated carbocycles. The molecule has 0 spiro atoms. The van der Waals surface area contributed by atoms with Gasteiger partial charge in [0, 0.05) is 27.4 Å². The van der Waals surface area contributed by atoms with Crippen LogP contribution in [0.15, 0.2) is 63.9 Å². The molecule has 1 aliphatic heterocycles. The van der Waals surface area contributed by atoms with Crippen molar-refractivity contribution in [3.05, 3.63) is 64.6 Å². The number of rotatable bonds is 2. The molecule has 3 nitrogen and oxygen atoms in total. The minimum atomic E-state index is -0.624. The summed E-state index contributed by atoms with van der Waals surface area (Å²) in [6, 6.07) is 8.03. The maximum Gasteiger partial charge on any atom is 0.245 e. The molecule has 0 aromatic heterocycles. The lowest BCUT2D eigenvalue weighted by atomic mass is 9.84. The number of Topliss-reactive ketones (excluding diaryl/α,β-unsaturated/α-hetero) is 1. The highest BCUT2D eigenvalue weighted by Crippen LogP contribution is 2.42. The highest BCUT2D eigenvalue weighted by Gasteiger charge is 2.32. The maximum atomic E-state index is 12.5. The van der Waals surface area contributed by atoms with E-state index in [1.807, 2.05) is 24.3 Å². The van der Waals surface area contributed by atoms with Gasteiger partial charge in [-0.3, -0.25) is 9.59 Å². The Bertz CT molecular complexity index is 700. The predicted molar refractivity (Wildman–Crippen MR) is 79.0 cm³/mol. The van der Waals surface area contributed by atoms with Crippen molar-refractivity contribution in [3.63, 3.8) is 0 Å². The summed E-state index contributed by atoms with van der Waals surface area (Å²) in [5, 5.41) is 0. The zero-order valence-electron chi connectivity index (χ0n) is 10.8. The number of hydrogen-bond acceptors (Lipinski definition) is 3. The molecule has 1 heterocycles. The predicted octanol–water partition coefficient (Wildman–Crippen LogP) is 2.39. The molecule has 1 aliphatic carbocycles. The molecular weight excluding hydrogens is 270 g/mol. The van der Waals surface area contributed by atoms with Gasteiger partial charge in [0.15, 0.2) is 5.78 Å². The number of carbonyl (C=O) groups is 2. The van der Waals surface area contributed by atoms with E-state index in [2.05, 4.69) is 12.6 Å². The van der Waals surface area contributed by atoms with Gasteiger partial charge in [-0.05, 0) is 11.6 Å². The third kappa shape index (κ3) is 2.02. The van der Waals surface area contributed by atoms with E-state index in [1.165, 1.54) is 4.90 Å². The molecule has 0 saturated heterocycles. The van der Waals surface area contributed by atoms with Gasteiger partial charge in [-0.25, -0.2) is 0 Å². The highest BCUT2D eigenvalue weighted by molar-refractivity contribution is 8.03. The van der Waals surface area contributed by atoms with Gasteiger partial charge in [0.25, 0.3) is 0 Å². The van der Waals surface area contributed by atoms with Crippen LogP contribution in [0.4, 0.5) is 0 Å². The molecule has 0 bridgehead atoms. The molecule has 3 rings (SSSR count). The monoisotopic (exact) mass is 283 g/mol. The summed E-state index contributed by atoms with van der Waals surface area (Å²) in [7, 11) is 0. The molecule has 1 atom stereocenters. The zero-order chi connectivity index (χ0) is 14.3. The number of amides is 1. The van der Waals surface area contributed by atoms with E-state index in [1.54, 1.807) is 17.8 Å². The normalized spacial score (nSPS) is 20.4. The lowest BCUT2D eigenvalue weighted by Crippen LogP contribution is -2.28. The van der Waals surface area contributed by atoms with E-state index in [9.17, 15) is 9.59 Å². The van der Waals surface area contributed by atoms with Crippen LogP contribution >= 0.6 is 11.8 Å². The van der Waals surface area contributed by atoms with Gasteiger partial charge >= 0.3 is 0 Å². The van der Waals surface area contributed by atoms with Gasteiger partial charge in [-0.15, -0.1) is 0 Å². The fourth-order valence-corrected chi connectivity index (χ4v) is 3.53. The van der Waals surface area contributed by atoms with Crippen LogP contribution in [-0.2, 0) is 16.0 Å². The van der Waals surface area contributed by atoms with Crippen molar-refractivity contribution in [2.24, 2.45) is 11.7 Å². The number of primary amides is 1. The number of allylic oxidation sites excluding steroid dienone is 3. The van der Waals surface area contributed by atoms with E-state index >= 15 is 0 Å². The first-order chi connectivity index (χ1) is 9.58. The average Bonchev–Trinajstić information content (AvgIpc) is 2.45. The molecule has 1 unspecified atom stereocenters. The number of thioether (sulfide) groups is 1. The molecule has 1 amide bonds. The van der Waals surface area contributed by atoms with E-state index in [0.717, 1.165) is 16.0 Å². The summed E-state index contributed by atoms with van der Waals surface area (Å²) in [5.41, 5.74) is 7.28. The van der Waals surface area contributed by atoms with Crippen molar-refractivity contribution in [1.29, 1.82) is 0 Å². The fourth-order valence-electron chi connectivity index (χ4n) is 2.44. The molecule has 1 aromatic carbocycles. The van der Waals surface area contributed by atoms with E-state index < -0.39 is 11.8 Å². The molecule has 20 heavy (non-hydrogen) atoms. The van der Waals surface area contributed by atoms with Crippen molar-refractivity contribution in [1.82, 2.24) is 0 Å². The second-order valence-corrected chi connectivity index (χ2v) is 5.90. The summed E-state index contributed by atoms with van der Waals surface area (Å²) < 4.78 is 0. The molecule has 1 aromatic rings. The third-order valence-corrected chi connectivity index (χ3v) is 4.79. The second-order valence-electron chi connectivity index (χ2n) is 4.82. The summed E-state index contributed by atoms with van der Waals surface area (Å²) in [4.78, 5) is 25.9. The maximum absolute atomic E-state index is 12.5. The Balaban J connectivity index is 1.95. The number of carbonyl (C=O) groups excluding carboxylic acids is 2. The second kappa shape index (κ2) is 4.80. The fraction of sp³-hybridized carbons (Fsp3) is 0.125. The quantitative estimate of drug-likeness (QED) is 0.848. The van der Waals surface area contributed by atoms with Gasteiger partial charge in [-0.2, -0.15) is 0 Å². The Hall–Kier alpha value is -2.07. The summed E-state index contributed by atoms with van der Waals surface area (Å²) >= 11 is 1.59. The first-order valence-corrected chi connectivity index (χ1v) is 7.09. The lowest BCUT2D eigenvalue weighted by Gasteiger charge is -2.26. The summed E-state index contributed by atoms with van der Waals surface area (Å²) in [6.45, 7) is 3.63. The third-order valence-electron chi connectivity index (χ3n) is 3.57. The average molecular weight is 283 g/mol. The van der Waals surface area contributed by atoms with Crippen LogP contribution in [0.25, 0.3) is 0 Å². The Labute approximate surface area is 121 Å². The van der Waals surface area contributed by atoms with Crippen molar-refractivity contribution >= 4 is 23.5 Å². The Kier molecular flexibility index (Phi) is 3.10. The minimum Gasteiger partial charge on any atom is -0.366 e. The Morgan fingerprint density at radius 2 is 2.10 bits per heavy atom. The smallest absolute Gasteiger partial charge is 0.245 e. The Morgan fingerprint density at radius 3 is 2.85 bits per heavy atom. The largest absolute Gasteiger partial charge is 0.366 e. The van der Waals surface area contributed by atoms with Gasteiger partial charge in [0.1, 0.15) is 0 Å². The first kappa shape index (κ1) is 12.9. The summed E-state index contributed by atoms with van der Waals surface area (Å²) in [5.74, 6) is -1.30. The van der Waals surface area contributed by atoms with Crippen molar-refractivity contribution in [2.75, 3.05) is 0 Å². The topological polar surface area (TPSA) is 60.2 Å². The van der Waals surface area contributed by atoms with Gasteiger partial charge in [0.05, 0.1) is 5.92 Å². The molecule has 2 N–H and O–H groups in total. The van der Waals surface area contributed by atoms with E-state index in [0.29, 0.717) is 6.42 Å². The van der Waals surface area contributed by atoms with Crippen LogP contribution in [0.1, 0.15) is 5.56 Å². The van der Waals surface area contributed by atoms with Gasteiger partial charge < -0.3 is 5.73 Å². The molecule has 0 fully saturated rings. The molecule has 2 aliphatic rings. The van der Waals surface area contributed by atoms with Crippen LogP contribution in [0.3, 0.4) is 0 Å². The van der Waals surface area contributed by atoms with Gasteiger partial charge in [0.2, 0.25) is 5.91 Å². The van der Waals surface area contributed by atoms with Crippen LogP contribution in [-0.4, -0.2) is 11.7 Å². The molecule has 4 heteroatoms. The Morgan fingerprint density at radius 1 is 1.35 bits per heavy atom. The summed E-state index contributed by atoms with van der Waals surface area (Å²) in [6.07, 6.45) is 4.22. The lowest BCUT2D eigenvalue weighted by molar-refractivity contribution is -0.120. The molecule has 0 radical (unpaired) electrons. The number of ketones is 1. The number of nitrogens with two attached hydrogens (primary N) is 1. The van der Waals surface area contributed by atoms with Crippen LogP contribution in [0.5, 0.6) is 0 Å². The first-order valence-electron chi connectivity index (χ1n) is 6.28. The van der Waals surface area contributed by atoms with Crippen LogP contribution in [0, 0.1) is 5.92 Å². The standard InChI is InChI=1S/C16H13NO2S/c1-9(16(17)19)11-6-7-14-12(15(11)18)8-10-4-2-3-5-13(10)20-14/h2-7,11H,1,8H2,(H2,17,19). The highest BCUT2D eigenvalue weighted by atomic mass is 32.2. The van der Waals surface area contributed by atoms with Gasteiger partial charge in [-0.1, -0.05) is 48.7 Å². The number of benzene rings is 1. The van der Waals surface area contributed by atoms with Crippen LogP contribution < -0.4 is 5.73 Å². The molecular formula is C16H13NO2S. The van der Waals surface area contributed by atoms with E-state index in [4.69, 9.17) is 5.73 Å². The number of fused-ring (bicyclic) bond motifs is 1. The van der Waals surface area contributed by atoms with E-state index in [-0.39, 0.29) is 11.4 Å². The minimum absolute atomic E-state index is 0.0618. The molecule has 100 valence electrons. The number of hydrogen-bond donors (Lipinski definition) is 1. The zero-order valence-corrected chi connectivity index (χ0v) is 11.6. The SMILES string of the molecule is C=C(C(N)=O)C1C=CC2=C(Cc3ccccc3S2)C1=O. The van der Waals surface area contributed by atoms with Crippen molar-refractivity contribution in [2.45, 2.75) is 11.3 Å².